The molecule has 164 valence electrons. The van der Waals surface area contributed by atoms with E-state index in [-0.39, 0.29) is 23.6 Å². The number of hydrogen-bond acceptors (Lipinski definition) is 5. The molecule has 1 aliphatic heterocycles. The predicted octanol–water partition coefficient (Wildman–Crippen LogP) is 5.45. The summed E-state index contributed by atoms with van der Waals surface area (Å²) in [6.45, 7) is 12.3. The van der Waals surface area contributed by atoms with Gasteiger partial charge in [0.15, 0.2) is 0 Å². The summed E-state index contributed by atoms with van der Waals surface area (Å²) in [5.74, 6) is -0.463. The Kier molecular flexibility index (Phi) is 11.0. The normalized spacial score (nSPS) is 19.1. The zero-order valence-electron chi connectivity index (χ0n) is 19.0. The Morgan fingerprint density at radius 1 is 0.931 bits per heavy atom. The number of rotatable bonds is 13. The minimum Gasteiger partial charge on any atom is -0.463 e. The van der Waals surface area contributed by atoms with Crippen LogP contribution in [0.3, 0.4) is 0 Å². The molecule has 0 saturated carbocycles. The van der Waals surface area contributed by atoms with Crippen LogP contribution in [0, 0.1) is 0 Å². The predicted molar refractivity (Wildman–Crippen MR) is 116 cm³/mol. The molecular weight excluding hydrogens is 368 g/mol. The summed E-state index contributed by atoms with van der Waals surface area (Å²) in [6, 6.07) is 0. The molecule has 5 nitrogen and oxygen atoms in total. The first-order valence-corrected chi connectivity index (χ1v) is 10.6. The summed E-state index contributed by atoms with van der Waals surface area (Å²) in [6.07, 6.45) is 11.6. The van der Waals surface area contributed by atoms with Crippen molar-refractivity contribution < 1.29 is 23.8 Å². The fourth-order valence-corrected chi connectivity index (χ4v) is 3.06. The van der Waals surface area contributed by atoms with Crippen LogP contribution in [0.4, 0.5) is 0 Å². The number of carbonyl (C=O) groups excluding carboxylic acids is 2. The van der Waals surface area contributed by atoms with Gasteiger partial charge in [-0.25, -0.2) is 4.79 Å². The number of allylic oxidation sites excluding steroid dienone is 4. The zero-order valence-corrected chi connectivity index (χ0v) is 19.0. The lowest BCUT2D eigenvalue weighted by Gasteiger charge is -2.07. The van der Waals surface area contributed by atoms with Crippen LogP contribution in [0.15, 0.2) is 34.9 Å². The Bertz CT molecular complexity index is 640. The summed E-state index contributed by atoms with van der Waals surface area (Å²) < 4.78 is 15.7. The lowest BCUT2D eigenvalue weighted by Crippen LogP contribution is -2.10. The smallest absolute Gasteiger partial charge is 0.333 e. The van der Waals surface area contributed by atoms with Gasteiger partial charge in [0.2, 0.25) is 0 Å². The SMILES string of the molecule is CCOC(=O)/C(=C/CC/C(C)=C/CC/C(C)=C/COC(C)=O)CCC1OC1(C)C. The number of ether oxygens (including phenoxy) is 3. The van der Waals surface area contributed by atoms with Gasteiger partial charge in [0.05, 0.1) is 18.3 Å². The van der Waals surface area contributed by atoms with Crippen molar-refractivity contribution in [3.63, 3.8) is 0 Å². The molecule has 5 heteroatoms. The average Bonchev–Trinajstić information content (AvgIpc) is 3.24. The Hall–Kier alpha value is -1.88. The molecule has 0 spiro atoms. The first-order valence-electron chi connectivity index (χ1n) is 10.6. The van der Waals surface area contributed by atoms with Crippen molar-refractivity contribution >= 4 is 11.9 Å². The summed E-state index contributed by atoms with van der Waals surface area (Å²) in [5.41, 5.74) is 3.23. The minimum absolute atomic E-state index is 0.0517. The van der Waals surface area contributed by atoms with Crippen LogP contribution in [-0.2, 0) is 23.8 Å². The number of carbonyl (C=O) groups is 2. The Morgan fingerprint density at radius 2 is 1.52 bits per heavy atom. The molecule has 0 aromatic carbocycles. The fourth-order valence-electron chi connectivity index (χ4n) is 3.06. The van der Waals surface area contributed by atoms with Crippen molar-refractivity contribution in [2.24, 2.45) is 0 Å². The topological polar surface area (TPSA) is 65.1 Å². The van der Waals surface area contributed by atoms with Crippen molar-refractivity contribution in [2.45, 2.75) is 91.8 Å². The molecule has 0 N–H and O–H groups in total. The van der Waals surface area contributed by atoms with Crippen LogP contribution < -0.4 is 0 Å². The molecular formula is C24H38O5. The van der Waals surface area contributed by atoms with E-state index in [1.54, 1.807) is 0 Å². The van der Waals surface area contributed by atoms with Gasteiger partial charge in [0.1, 0.15) is 6.61 Å². The highest BCUT2D eigenvalue weighted by molar-refractivity contribution is 5.88. The van der Waals surface area contributed by atoms with E-state index in [9.17, 15) is 9.59 Å². The highest BCUT2D eigenvalue weighted by Gasteiger charge is 2.47. The van der Waals surface area contributed by atoms with Gasteiger partial charge in [-0.15, -0.1) is 0 Å². The maximum absolute atomic E-state index is 12.2. The molecule has 0 radical (unpaired) electrons. The van der Waals surface area contributed by atoms with Crippen LogP contribution in [0.5, 0.6) is 0 Å². The molecule has 1 saturated heterocycles. The summed E-state index contributed by atoms with van der Waals surface area (Å²) in [4.78, 5) is 23.0. The fraction of sp³-hybridized carbons (Fsp3) is 0.667. The third kappa shape index (κ3) is 11.0. The van der Waals surface area contributed by atoms with Gasteiger partial charge in [0, 0.05) is 12.5 Å². The Morgan fingerprint density at radius 3 is 2.07 bits per heavy atom. The number of esters is 2. The molecule has 0 bridgehead atoms. The van der Waals surface area contributed by atoms with E-state index in [1.807, 2.05) is 26.0 Å². The van der Waals surface area contributed by atoms with Gasteiger partial charge in [0.25, 0.3) is 0 Å². The van der Waals surface area contributed by atoms with Gasteiger partial charge >= 0.3 is 11.9 Å². The van der Waals surface area contributed by atoms with Crippen LogP contribution in [0.1, 0.15) is 80.1 Å². The van der Waals surface area contributed by atoms with Gasteiger partial charge in [-0.2, -0.15) is 0 Å². The average molecular weight is 407 g/mol. The summed E-state index contributed by atoms with van der Waals surface area (Å²) in [7, 11) is 0. The first kappa shape index (κ1) is 25.2. The van der Waals surface area contributed by atoms with Crippen molar-refractivity contribution in [1.82, 2.24) is 0 Å². The quantitative estimate of drug-likeness (QED) is 0.176. The maximum atomic E-state index is 12.2. The molecule has 0 aliphatic carbocycles. The van der Waals surface area contributed by atoms with Crippen LogP contribution in [0.2, 0.25) is 0 Å². The first-order chi connectivity index (χ1) is 13.7. The molecule has 0 aromatic rings. The Labute approximate surface area is 176 Å². The number of epoxide rings is 1. The molecule has 1 rings (SSSR count). The third-order valence-corrected chi connectivity index (χ3v) is 5.06. The van der Waals surface area contributed by atoms with Gasteiger partial charge < -0.3 is 14.2 Å². The van der Waals surface area contributed by atoms with Crippen molar-refractivity contribution in [2.75, 3.05) is 13.2 Å². The molecule has 0 aromatic heterocycles. The summed E-state index contributed by atoms with van der Waals surface area (Å²) >= 11 is 0. The Balaban J connectivity index is 2.42. The van der Waals surface area contributed by atoms with E-state index >= 15 is 0 Å². The third-order valence-electron chi connectivity index (χ3n) is 5.06. The lowest BCUT2D eigenvalue weighted by molar-refractivity contribution is -0.140. The van der Waals surface area contributed by atoms with E-state index in [2.05, 4.69) is 26.8 Å². The van der Waals surface area contributed by atoms with E-state index in [4.69, 9.17) is 14.2 Å². The van der Waals surface area contributed by atoms with Crippen LogP contribution in [0.25, 0.3) is 0 Å². The van der Waals surface area contributed by atoms with E-state index < -0.39 is 0 Å². The van der Waals surface area contributed by atoms with Crippen LogP contribution >= 0.6 is 0 Å². The monoisotopic (exact) mass is 406 g/mol. The lowest BCUT2D eigenvalue weighted by atomic mass is 10.0. The van der Waals surface area contributed by atoms with Crippen molar-refractivity contribution in [3.05, 3.63) is 34.9 Å². The minimum atomic E-state index is -0.256. The van der Waals surface area contributed by atoms with Gasteiger partial charge in [-0.05, 0) is 79.2 Å². The molecule has 0 amide bonds. The molecule has 29 heavy (non-hydrogen) atoms. The van der Waals surface area contributed by atoms with E-state index in [0.29, 0.717) is 19.6 Å². The largest absolute Gasteiger partial charge is 0.463 e. The standard InChI is InChI=1S/C24H38O5/c1-7-27-23(26)21(14-15-22-24(5,6)29-22)13-9-12-18(2)10-8-11-19(3)16-17-28-20(4)25/h10,13,16,22H,7-9,11-12,14-15,17H2,1-6H3/b18-10+,19-16+,21-13+. The zero-order chi connectivity index (χ0) is 21.9. The second-order valence-electron chi connectivity index (χ2n) is 8.18. The molecule has 1 aliphatic rings. The number of hydrogen-bond donors (Lipinski definition) is 0. The van der Waals surface area contributed by atoms with E-state index in [1.165, 1.54) is 18.1 Å². The second kappa shape index (κ2) is 12.6. The van der Waals surface area contributed by atoms with Gasteiger partial charge in [-0.1, -0.05) is 23.3 Å². The molecule has 1 heterocycles. The summed E-state index contributed by atoms with van der Waals surface area (Å²) in [5, 5.41) is 0. The molecule has 1 fully saturated rings. The highest BCUT2D eigenvalue weighted by atomic mass is 16.6. The van der Waals surface area contributed by atoms with Crippen molar-refractivity contribution in [1.29, 1.82) is 0 Å². The molecule has 1 unspecified atom stereocenters. The molecule has 1 atom stereocenters. The highest BCUT2D eigenvalue weighted by Crippen LogP contribution is 2.39. The van der Waals surface area contributed by atoms with E-state index in [0.717, 1.165) is 37.7 Å². The van der Waals surface area contributed by atoms with Crippen molar-refractivity contribution in [3.8, 4) is 0 Å². The maximum Gasteiger partial charge on any atom is 0.333 e. The van der Waals surface area contributed by atoms with Gasteiger partial charge in [-0.3, -0.25) is 4.79 Å². The second-order valence-corrected chi connectivity index (χ2v) is 8.18. The van der Waals surface area contributed by atoms with Crippen LogP contribution in [-0.4, -0.2) is 36.9 Å².